The van der Waals surface area contributed by atoms with Crippen molar-refractivity contribution >= 4 is 28.1 Å². The predicted octanol–water partition coefficient (Wildman–Crippen LogP) is 4.34. The summed E-state index contributed by atoms with van der Waals surface area (Å²) in [6.45, 7) is 0. The second-order valence-electron chi connectivity index (χ2n) is 7.49. The maximum atomic E-state index is 12.7. The lowest BCUT2D eigenvalue weighted by atomic mass is 9.78. The van der Waals surface area contributed by atoms with Crippen molar-refractivity contribution in [2.75, 3.05) is 7.05 Å². The van der Waals surface area contributed by atoms with E-state index in [0.29, 0.717) is 11.4 Å². The number of benzene rings is 2. The van der Waals surface area contributed by atoms with Crippen LogP contribution in [0.5, 0.6) is 0 Å². The van der Waals surface area contributed by atoms with Gasteiger partial charge in [0.05, 0.1) is 5.52 Å². The van der Waals surface area contributed by atoms with Crippen molar-refractivity contribution in [3.8, 4) is 21.1 Å². The van der Waals surface area contributed by atoms with Crippen LogP contribution >= 0.6 is 11.3 Å². The molecule has 1 fully saturated rings. The number of amides is 1. The van der Waals surface area contributed by atoms with Gasteiger partial charge in [-0.2, -0.15) is 0 Å². The van der Waals surface area contributed by atoms with Crippen molar-refractivity contribution in [3.63, 3.8) is 0 Å². The Morgan fingerprint density at radius 2 is 1.87 bits per heavy atom. The average Bonchev–Trinajstić information content (AvgIpc) is 3.22. The van der Waals surface area contributed by atoms with Crippen molar-refractivity contribution in [1.82, 2.24) is 20.5 Å². The van der Waals surface area contributed by atoms with Gasteiger partial charge in [0, 0.05) is 18.2 Å². The SMILES string of the molecule is CNC(=O)c1cc2ccc(C3CCC3)c(-c3nnc(-c4ccccc4)s3)c2[nH]c1=O. The third-order valence-corrected chi connectivity index (χ3v) is 6.72. The summed E-state index contributed by atoms with van der Waals surface area (Å²) < 4.78 is 0. The predicted molar refractivity (Wildman–Crippen MR) is 119 cm³/mol. The quantitative estimate of drug-likeness (QED) is 0.518. The van der Waals surface area contributed by atoms with Crippen molar-refractivity contribution in [1.29, 1.82) is 0 Å². The Morgan fingerprint density at radius 1 is 1.10 bits per heavy atom. The Morgan fingerprint density at radius 3 is 2.57 bits per heavy atom. The molecular formula is C23H20N4O2S. The van der Waals surface area contributed by atoms with Crippen molar-refractivity contribution in [2.45, 2.75) is 25.2 Å². The monoisotopic (exact) mass is 416 g/mol. The molecule has 0 bridgehead atoms. The van der Waals surface area contributed by atoms with Crippen molar-refractivity contribution in [2.24, 2.45) is 0 Å². The van der Waals surface area contributed by atoms with Crippen LogP contribution in [-0.4, -0.2) is 28.1 Å². The highest BCUT2D eigenvalue weighted by atomic mass is 32.1. The highest BCUT2D eigenvalue weighted by Crippen LogP contribution is 2.44. The van der Waals surface area contributed by atoms with Gasteiger partial charge >= 0.3 is 0 Å². The van der Waals surface area contributed by atoms with E-state index in [2.05, 4.69) is 26.6 Å². The molecule has 0 unspecified atom stereocenters. The second-order valence-corrected chi connectivity index (χ2v) is 8.47. The number of rotatable bonds is 4. The first kappa shape index (κ1) is 18.7. The van der Waals surface area contributed by atoms with E-state index in [4.69, 9.17) is 0 Å². The molecular weight excluding hydrogens is 396 g/mol. The zero-order valence-electron chi connectivity index (χ0n) is 16.4. The van der Waals surface area contributed by atoms with Crippen LogP contribution in [-0.2, 0) is 0 Å². The van der Waals surface area contributed by atoms with Gasteiger partial charge in [-0.15, -0.1) is 10.2 Å². The molecule has 0 spiro atoms. The van der Waals surface area contributed by atoms with Gasteiger partial charge < -0.3 is 10.3 Å². The number of fused-ring (bicyclic) bond motifs is 1. The molecule has 1 amide bonds. The Balaban J connectivity index is 1.72. The molecule has 1 aliphatic carbocycles. The fourth-order valence-electron chi connectivity index (χ4n) is 3.91. The van der Waals surface area contributed by atoms with Gasteiger partial charge in [0.2, 0.25) is 0 Å². The van der Waals surface area contributed by atoms with Crippen molar-refractivity contribution < 1.29 is 4.79 Å². The molecule has 2 aromatic heterocycles. The number of H-pyrrole nitrogens is 1. The standard InChI is InChI=1S/C23H20N4O2S/c1-24-20(28)17-12-15-10-11-16(13-8-5-9-13)18(19(15)25-21(17)29)23-27-26-22(30-23)14-6-3-2-4-7-14/h2-4,6-7,10-13H,5,8-9H2,1H3,(H,24,28)(H,25,29). The summed E-state index contributed by atoms with van der Waals surface area (Å²) in [5.74, 6) is 0.0562. The molecule has 2 aromatic carbocycles. The summed E-state index contributed by atoms with van der Waals surface area (Å²) in [5.41, 5.74) is 3.55. The largest absolute Gasteiger partial charge is 0.355 e. The summed E-state index contributed by atoms with van der Waals surface area (Å²) in [5, 5.41) is 13.8. The van der Waals surface area contributed by atoms with Crippen LogP contribution < -0.4 is 10.9 Å². The Kier molecular flexibility index (Phi) is 4.67. The Labute approximate surface area is 177 Å². The summed E-state index contributed by atoms with van der Waals surface area (Å²) >= 11 is 1.52. The van der Waals surface area contributed by atoms with E-state index in [1.807, 2.05) is 36.4 Å². The molecule has 0 saturated heterocycles. The molecule has 5 rings (SSSR count). The van der Waals surface area contributed by atoms with Gasteiger partial charge in [-0.3, -0.25) is 9.59 Å². The number of aromatic nitrogens is 3. The van der Waals surface area contributed by atoms with E-state index in [9.17, 15) is 9.59 Å². The van der Waals surface area contributed by atoms with Gasteiger partial charge in [-0.1, -0.05) is 60.2 Å². The van der Waals surface area contributed by atoms with Crippen LogP contribution in [0.3, 0.4) is 0 Å². The van der Waals surface area contributed by atoms with Crippen LogP contribution in [0.1, 0.15) is 41.1 Å². The maximum Gasteiger partial charge on any atom is 0.261 e. The second kappa shape index (κ2) is 7.50. The van der Waals surface area contributed by atoms with Crippen LogP contribution in [0.4, 0.5) is 0 Å². The van der Waals surface area contributed by atoms with Gasteiger partial charge in [0.15, 0.2) is 5.01 Å². The number of nitrogens with one attached hydrogen (secondary N) is 2. The summed E-state index contributed by atoms with van der Waals surface area (Å²) in [7, 11) is 1.52. The molecule has 2 heterocycles. The molecule has 150 valence electrons. The zero-order valence-corrected chi connectivity index (χ0v) is 17.3. The Hall–Kier alpha value is -3.32. The first-order chi connectivity index (χ1) is 14.7. The number of nitrogens with zero attached hydrogens (tertiary/aromatic N) is 2. The van der Waals surface area contributed by atoms with Gasteiger partial charge in [0.1, 0.15) is 10.6 Å². The molecule has 1 saturated carbocycles. The van der Waals surface area contributed by atoms with E-state index >= 15 is 0 Å². The molecule has 0 aliphatic heterocycles. The lowest BCUT2D eigenvalue weighted by molar-refractivity contribution is 0.0962. The van der Waals surface area contributed by atoms with Crippen LogP contribution in [0.15, 0.2) is 53.3 Å². The number of carbonyl (C=O) groups is 1. The number of carbonyl (C=O) groups excluding carboxylic acids is 1. The number of hydrogen-bond donors (Lipinski definition) is 2. The van der Waals surface area contributed by atoms with Crippen LogP contribution in [0.2, 0.25) is 0 Å². The summed E-state index contributed by atoms with van der Waals surface area (Å²) in [6, 6.07) is 15.7. The van der Waals surface area contributed by atoms with Gasteiger partial charge in [-0.25, -0.2) is 0 Å². The minimum Gasteiger partial charge on any atom is -0.355 e. The highest BCUT2D eigenvalue weighted by Gasteiger charge is 2.26. The average molecular weight is 417 g/mol. The molecule has 0 radical (unpaired) electrons. The van der Waals surface area contributed by atoms with Crippen molar-refractivity contribution in [3.05, 3.63) is 70.0 Å². The van der Waals surface area contributed by atoms with Gasteiger partial charge in [0.25, 0.3) is 11.5 Å². The first-order valence-corrected chi connectivity index (χ1v) is 10.8. The summed E-state index contributed by atoms with van der Waals surface area (Å²) in [6.07, 6.45) is 3.46. The van der Waals surface area contributed by atoms with E-state index in [0.717, 1.165) is 39.4 Å². The number of aromatic amines is 1. The minimum atomic E-state index is -0.401. The molecule has 2 N–H and O–H groups in total. The summed E-state index contributed by atoms with van der Waals surface area (Å²) in [4.78, 5) is 27.7. The minimum absolute atomic E-state index is 0.106. The topological polar surface area (TPSA) is 87.7 Å². The molecule has 4 aromatic rings. The lowest BCUT2D eigenvalue weighted by Crippen LogP contribution is -2.26. The van der Waals surface area contributed by atoms with Crippen LogP contribution in [0, 0.1) is 0 Å². The normalized spacial score (nSPS) is 13.9. The van der Waals surface area contributed by atoms with Gasteiger partial charge in [-0.05, 0) is 35.8 Å². The fourth-order valence-corrected chi connectivity index (χ4v) is 4.83. The molecule has 7 heteroatoms. The van der Waals surface area contributed by atoms with Crippen LogP contribution in [0.25, 0.3) is 32.0 Å². The third kappa shape index (κ3) is 3.11. The fraction of sp³-hybridized carbons (Fsp3) is 0.217. The molecule has 0 atom stereocenters. The first-order valence-electron chi connectivity index (χ1n) is 9.97. The number of hydrogen-bond acceptors (Lipinski definition) is 5. The molecule has 6 nitrogen and oxygen atoms in total. The van der Waals surface area contributed by atoms with E-state index in [1.165, 1.54) is 30.4 Å². The Bertz CT molecular complexity index is 1310. The molecule has 1 aliphatic rings. The number of pyridine rings is 1. The van der Waals surface area contributed by atoms with E-state index in [-0.39, 0.29) is 5.56 Å². The molecule has 30 heavy (non-hydrogen) atoms. The lowest BCUT2D eigenvalue weighted by Gasteiger charge is -2.28. The smallest absolute Gasteiger partial charge is 0.261 e. The van der Waals surface area contributed by atoms with E-state index in [1.54, 1.807) is 6.07 Å². The highest BCUT2D eigenvalue weighted by molar-refractivity contribution is 7.18. The maximum absolute atomic E-state index is 12.7. The third-order valence-electron chi connectivity index (χ3n) is 5.73. The zero-order chi connectivity index (χ0) is 20.7. The van der Waals surface area contributed by atoms with E-state index < -0.39 is 11.5 Å².